The second-order valence-corrected chi connectivity index (χ2v) is 9.54. The van der Waals surface area contributed by atoms with Crippen LogP contribution in [0.15, 0.2) is 71.7 Å². The van der Waals surface area contributed by atoms with Crippen LogP contribution in [0.3, 0.4) is 0 Å². The van der Waals surface area contributed by atoms with Crippen LogP contribution in [0.1, 0.15) is 30.5 Å². The minimum absolute atomic E-state index is 0.0424. The molecule has 1 aliphatic heterocycles. The molecule has 1 aromatic heterocycles. The lowest BCUT2D eigenvalue weighted by Gasteiger charge is -2.36. The summed E-state index contributed by atoms with van der Waals surface area (Å²) >= 11 is 0. The van der Waals surface area contributed by atoms with Gasteiger partial charge in [-0.05, 0) is 91.7 Å². The fraction of sp³-hybridized carbons (Fsp3) is 0.267. The van der Waals surface area contributed by atoms with E-state index in [4.69, 9.17) is 4.74 Å². The van der Waals surface area contributed by atoms with Gasteiger partial charge in [-0.3, -0.25) is 9.36 Å². The molecule has 1 aliphatic rings. The molecule has 0 amide bonds. The first-order valence-corrected chi connectivity index (χ1v) is 12.0. The van der Waals surface area contributed by atoms with Gasteiger partial charge in [0.15, 0.2) is 0 Å². The minimum Gasteiger partial charge on any atom is -0.372 e. The molecule has 0 saturated carbocycles. The molecule has 0 spiro atoms. The average molecular weight is 464 g/mol. The number of nitriles is 1. The highest BCUT2D eigenvalue weighted by Gasteiger charge is 2.22. The second-order valence-electron chi connectivity index (χ2n) is 9.54. The third-order valence-electron chi connectivity index (χ3n) is 6.80. The lowest BCUT2D eigenvalue weighted by molar-refractivity contribution is -0.00521. The zero-order valence-electron chi connectivity index (χ0n) is 20.6. The molecule has 176 valence electrons. The highest BCUT2D eigenvalue weighted by Crippen LogP contribution is 2.31. The molecule has 0 N–H and O–H groups in total. The van der Waals surface area contributed by atoms with Gasteiger partial charge in [0.1, 0.15) is 0 Å². The van der Waals surface area contributed by atoms with Gasteiger partial charge in [0, 0.05) is 36.0 Å². The number of hydrogen-bond acceptors (Lipinski definition) is 4. The Morgan fingerprint density at radius 3 is 2.26 bits per heavy atom. The van der Waals surface area contributed by atoms with Gasteiger partial charge in [-0.1, -0.05) is 24.3 Å². The lowest BCUT2D eigenvalue weighted by Crippen LogP contribution is -2.45. The van der Waals surface area contributed by atoms with E-state index < -0.39 is 0 Å². The summed E-state index contributed by atoms with van der Waals surface area (Å²) in [5.74, 6) is 0. The van der Waals surface area contributed by atoms with Crippen LogP contribution in [0.25, 0.3) is 27.6 Å². The number of morpholine rings is 1. The van der Waals surface area contributed by atoms with Crippen LogP contribution < -0.4 is 10.5 Å². The standard InChI is InChI=1S/C30H29N3O2/c1-19-14-23(8-9-24(19)15-31)27-6-5-7-28-29(27)20(2)16-33(30(28)34)26-12-10-25(11-13-26)32-17-21(3)35-22(4)18-32/h5-14,16,21-22H,17-18H2,1-4H3. The summed E-state index contributed by atoms with van der Waals surface area (Å²) in [7, 11) is 0. The van der Waals surface area contributed by atoms with E-state index in [-0.39, 0.29) is 17.8 Å². The number of benzene rings is 3. The van der Waals surface area contributed by atoms with E-state index in [1.165, 1.54) is 0 Å². The van der Waals surface area contributed by atoms with Gasteiger partial charge in [-0.15, -0.1) is 0 Å². The minimum atomic E-state index is -0.0424. The molecule has 2 unspecified atom stereocenters. The van der Waals surface area contributed by atoms with Crippen molar-refractivity contribution in [1.82, 2.24) is 4.57 Å². The number of aryl methyl sites for hydroxylation is 2. The van der Waals surface area contributed by atoms with Gasteiger partial charge >= 0.3 is 0 Å². The van der Waals surface area contributed by atoms with Crippen molar-refractivity contribution >= 4 is 16.5 Å². The molecule has 5 rings (SSSR count). The molecule has 3 aromatic carbocycles. The Hall–Kier alpha value is -3.88. The molecule has 0 radical (unpaired) electrons. The summed E-state index contributed by atoms with van der Waals surface area (Å²) < 4.78 is 7.59. The Labute approximate surface area is 205 Å². The largest absolute Gasteiger partial charge is 0.372 e. The Bertz CT molecular complexity index is 1500. The number of rotatable bonds is 3. The van der Waals surface area contributed by atoms with Crippen LogP contribution in [-0.2, 0) is 4.74 Å². The van der Waals surface area contributed by atoms with Gasteiger partial charge < -0.3 is 9.64 Å². The quantitative estimate of drug-likeness (QED) is 0.388. The molecule has 1 saturated heterocycles. The normalized spacial score (nSPS) is 18.0. The summed E-state index contributed by atoms with van der Waals surface area (Å²) in [6.45, 7) is 9.90. The molecule has 2 heterocycles. The molecule has 5 nitrogen and oxygen atoms in total. The van der Waals surface area contributed by atoms with Crippen molar-refractivity contribution in [3.8, 4) is 22.9 Å². The predicted molar refractivity (Wildman–Crippen MR) is 141 cm³/mol. The Morgan fingerprint density at radius 2 is 1.60 bits per heavy atom. The molecule has 4 aromatic rings. The number of aromatic nitrogens is 1. The second kappa shape index (κ2) is 9.05. The number of nitrogens with zero attached hydrogens (tertiary/aromatic N) is 3. The average Bonchev–Trinajstić information content (AvgIpc) is 2.85. The first kappa shape index (κ1) is 22.9. The van der Waals surface area contributed by atoms with E-state index in [2.05, 4.69) is 36.9 Å². The number of fused-ring (bicyclic) bond motifs is 1. The van der Waals surface area contributed by atoms with Crippen LogP contribution in [0.5, 0.6) is 0 Å². The van der Waals surface area contributed by atoms with Crippen LogP contribution in [-0.4, -0.2) is 29.9 Å². The van der Waals surface area contributed by atoms with Crippen LogP contribution >= 0.6 is 0 Å². The maximum Gasteiger partial charge on any atom is 0.262 e. The molecule has 5 heteroatoms. The number of hydrogen-bond donors (Lipinski definition) is 0. The van der Waals surface area contributed by atoms with Crippen molar-refractivity contribution in [3.05, 3.63) is 93.9 Å². The number of ether oxygens (including phenoxy) is 1. The Morgan fingerprint density at radius 1 is 0.914 bits per heavy atom. The molecular weight excluding hydrogens is 434 g/mol. The smallest absolute Gasteiger partial charge is 0.262 e. The van der Waals surface area contributed by atoms with E-state index in [0.29, 0.717) is 10.9 Å². The maximum atomic E-state index is 13.6. The molecule has 0 bridgehead atoms. The van der Waals surface area contributed by atoms with Gasteiger partial charge in [-0.2, -0.15) is 5.26 Å². The molecular formula is C30H29N3O2. The van der Waals surface area contributed by atoms with Gasteiger partial charge in [0.25, 0.3) is 5.56 Å². The molecule has 35 heavy (non-hydrogen) atoms. The summed E-state index contributed by atoms with van der Waals surface area (Å²) in [5.41, 5.74) is 6.57. The van der Waals surface area contributed by atoms with Crippen molar-refractivity contribution in [2.45, 2.75) is 39.9 Å². The number of anilines is 1. The van der Waals surface area contributed by atoms with Crippen molar-refractivity contribution in [2.24, 2.45) is 0 Å². The van der Waals surface area contributed by atoms with Gasteiger partial charge in [-0.25, -0.2) is 0 Å². The predicted octanol–water partition coefficient (Wildman–Crippen LogP) is 5.76. The maximum absolute atomic E-state index is 13.6. The van der Waals surface area contributed by atoms with Crippen molar-refractivity contribution in [2.75, 3.05) is 18.0 Å². The van der Waals surface area contributed by atoms with E-state index in [9.17, 15) is 10.1 Å². The van der Waals surface area contributed by atoms with E-state index in [1.807, 2.05) is 68.6 Å². The third kappa shape index (κ3) is 4.22. The fourth-order valence-electron chi connectivity index (χ4n) is 5.20. The van der Waals surface area contributed by atoms with E-state index >= 15 is 0 Å². The van der Waals surface area contributed by atoms with Gasteiger partial charge in [0.2, 0.25) is 0 Å². The van der Waals surface area contributed by atoms with Crippen LogP contribution in [0, 0.1) is 25.2 Å². The highest BCUT2D eigenvalue weighted by atomic mass is 16.5. The van der Waals surface area contributed by atoms with Crippen LogP contribution in [0.2, 0.25) is 0 Å². The van der Waals surface area contributed by atoms with Crippen LogP contribution in [0.4, 0.5) is 5.69 Å². The monoisotopic (exact) mass is 463 g/mol. The lowest BCUT2D eigenvalue weighted by atomic mass is 9.94. The van der Waals surface area contributed by atoms with E-state index in [1.54, 1.807) is 4.57 Å². The first-order valence-electron chi connectivity index (χ1n) is 12.0. The number of pyridine rings is 1. The summed E-state index contributed by atoms with van der Waals surface area (Å²) in [6.07, 6.45) is 2.31. The van der Waals surface area contributed by atoms with Crippen molar-refractivity contribution in [1.29, 1.82) is 5.26 Å². The Balaban J connectivity index is 1.56. The van der Waals surface area contributed by atoms with Crippen molar-refractivity contribution in [3.63, 3.8) is 0 Å². The summed E-state index contributed by atoms with van der Waals surface area (Å²) in [4.78, 5) is 15.9. The van der Waals surface area contributed by atoms with E-state index in [0.717, 1.165) is 52.1 Å². The Kier molecular flexibility index (Phi) is 5.92. The topological polar surface area (TPSA) is 58.3 Å². The SMILES string of the molecule is Cc1cc(-c2cccc3c(=O)n(-c4ccc(N5CC(C)OC(C)C5)cc4)cc(C)c23)ccc1C#N. The molecule has 1 fully saturated rings. The fourth-order valence-corrected chi connectivity index (χ4v) is 5.20. The van der Waals surface area contributed by atoms with Crippen molar-refractivity contribution < 1.29 is 4.74 Å². The summed E-state index contributed by atoms with van der Waals surface area (Å²) in [6, 6.07) is 22.1. The third-order valence-corrected chi connectivity index (χ3v) is 6.80. The first-order chi connectivity index (χ1) is 16.9. The molecule has 2 atom stereocenters. The zero-order valence-corrected chi connectivity index (χ0v) is 20.6. The highest BCUT2D eigenvalue weighted by molar-refractivity contribution is 5.98. The zero-order chi connectivity index (χ0) is 24.7. The summed E-state index contributed by atoms with van der Waals surface area (Å²) in [5, 5.41) is 10.9. The van der Waals surface area contributed by atoms with Gasteiger partial charge in [0.05, 0.1) is 23.8 Å². The molecule has 0 aliphatic carbocycles.